The molecule has 0 bridgehead atoms. The Morgan fingerprint density at radius 2 is 1.61 bits per heavy atom. The van der Waals surface area contributed by atoms with Crippen LogP contribution in [0.4, 0.5) is 5.69 Å². The smallest absolute Gasteiger partial charge is 0.253 e. The van der Waals surface area contributed by atoms with Gasteiger partial charge in [-0.2, -0.15) is 0 Å². The summed E-state index contributed by atoms with van der Waals surface area (Å²) in [6.07, 6.45) is 1.32. The summed E-state index contributed by atoms with van der Waals surface area (Å²) in [5.74, 6) is -0.323. The van der Waals surface area contributed by atoms with Gasteiger partial charge >= 0.3 is 0 Å². The molecule has 2 amide bonds. The van der Waals surface area contributed by atoms with E-state index in [-0.39, 0.29) is 17.7 Å². The summed E-state index contributed by atoms with van der Waals surface area (Å²) in [4.78, 5) is 27.8. The first-order chi connectivity index (χ1) is 11.1. The quantitative estimate of drug-likeness (QED) is 0.897. The molecule has 0 unspecified atom stereocenters. The molecule has 1 aromatic carbocycles. The molecule has 2 aliphatic heterocycles. The van der Waals surface area contributed by atoms with Crippen molar-refractivity contribution < 1.29 is 14.3 Å². The fourth-order valence-corrected chi connectivity index (χ4v) is 3.19. The van der Waals surface area contributed by atoms with E-state index in [2.05, 4.69) is 4.90 Å². The molecule has 0 aromatic heterocycles. The lowest BCUT2D eigenvalue weighted by molar-refractivity contribution is -0.123. The highest BCUT2D eigenvalue weighted by atomic mass is 16.5. The number of hydrogen-bond acceptors (Lipinski definition) is 4. The molecule has 0 radical (unpaired) electrons. The number of amides is 2. The van der Waals surface area contributed by atoms with Gasteiger partial charge in [-0.3, -0.25) is 9.59 Å². The third kappa shape index (κ3) is 3.64. The van der Waals surface area contributed by atoms with Crippen LogP contribution in [0.1, 0.15) is 23.2 Å². The van der Waals surface area contributed by atoms with Crippen LogP contribution in [0.15, 0.2) is 24.3 Å². The Balaban J connectivity index is 1.60. The molecule has 2 fully saturated rings. The number of likely N-dealkylation sites (tertiary alicyclic amines) is 1. The molecule has 6 nitrogen and oxygen atoms in total. The van der Waals surface area contributed by atoms with Gasteiger partial charge in [0.25, 0.3) is 5.91 Å². The number of carbonyl (C=O) groups is 2. The molecule has 0 spiro atoms. The van der Waals surface area contributed by atoms with Gasteiger partial charge in [-0.05, 0) is 37.1 Å². The highest BCUT2D eigenvalue weighted by Crippen LogP contribution is 2.21. The maximum atomic E-state index is 12.5. The number of nitrogens with two attached hydrogens (primary N) is 1. The van der Waals surface area contributed by atoms with E-state index in [4.69, 9.17) is 10.5 Å². The second kappa shape index (κ2) is 7.00. The second-order valence-electron chi connectivity index (χ2n) is 6.12. The molecule has 0 aliphatic carbocycles. The van der Waals surface area contributed by atoms with E-state index >= 15 is 0 Å². The summed E-state index contributed by atoms with van der Waals surface area (Å²) in [5, 5.41) is 0. The number of piperidine rings is 1. The number of carbonyl (C=O) groups excluding carboxylic acids is 2. The second-order valence-corrected chi connectivity index (χ2v) is 6.12. The molecule has 2 saturated heterocycles. The van der Waals surface area contributed by atoms with E-state index in [1.165, 1.54) is 0 Å². The van der Waals surface area contributed by atoms with Crippen LogP contribution in [0, 0.1) is 5.92 Å². The molecule has 124 valence electrons. The Bertz CT molecular complexity index is 559. The number of primary amides is 1. The highest BCUT2D eigenvalue weighted by Gasteiger charge is 2.26. The fraction of sp³-hybridized carbons (Fsp3) is 0.529. The van der Waals surface area contributed by atoms with Crippen LogP contribution in [-0.2, 0) is 9.53 Å². The van der Waals surface area contributed by atoms with Crippen molar-refractivity contribution in [3.05, 3.63) is 29.8 Å². The Morgan fingerprint density at radius 3 is 2.17 bits per heavy atom. The normalized spacial score (nSPS) is 19.7. The van der Waals surface area contributed by atoms with Gasteiger partial charge in [0, 0.05) is 43.3 Å². The van der Waals surface area contributed by atoms with Crippen molar-refractivity contribution >= 4 is 17.5 Å². The number of ether oxygens (including phenoxy) is 1. The predicted octanol–water partition coefficient (Wildman–Crippen LogP) is 0.861. The first-order valence-corrected chi connectivity index (χ1v) is 8.16. The van der Waals surface area contributed by atoms with Crippen LogP contribution in [0.5, 0.6) is 0 Å². The number of hydrogen-bond donors (Lipinski definition) is 1. The minimum atomic E-state index is -0.257. The summed E-state index contributed by atoms with van der Waals surface area (Å²) in [5.41, 5.74) is 7.15. The molecule has 2 N–H and O–H groups in total. The van der Waals surface area contributed by atoms with Gasteiger partial charge in [0.2, 0.25) is 5.91 Å². The summed E-state index contributed by atoms with van der Waals surface area (Å²) in [7, 11) is 0. The average molecular weight is 317 g/mol. The van der Waals surface area contributed by atoms with Crippen molar-refractivity contribution in [3.8, 4) is 0 Å². The molecular weight excluding hydrogens is 294 g/mol. The molecule has 3 rings (SSSR count). The van der Waals surface area contributed by atoms with E-state index < -0.39 is 0 Å². The van der Waals surface area contributed by atoms with Crippen LogP contribution in [0.25, 0.3) is 0 Å². The topological polar surface area (TPSA) is 75.9 Å². The number of morpholine rings is 1. The van der Waals surface area contributed by atoms with Gasteiger partial charge in [-0.15, -0.1) is 0 Å². The van der Waals surface area contributed by atoms with Crippen molar-refractivity contribution in [2.75, 3.05) is 44.3 Å². The summed E-state index contributed by atoms with van der Waals surface area (Å²) in [6.45, 7) is 4.45. The fourth-order valence-electron chi connectivity index (χ4n) is 3.19. The van der Waals surface area contributed by atoms with Gasteiger partial charge < -0.3 is 20.3 Å². The number of rotatable bonds is 3. The van der Waals surface area contributed by atoms with E-state index in [0.29, 0.717) is 31.5 Å². The van der Waals surface area contributed by atoms with Crippen LogP contribution in [0.3, 0.4) is 0 Å². The number of nitrogens with zero attached hydrogens (tertiary/aromatic N) is 2. The van der Waals surface area contributed by atoms with E-state index in [1.807, 2.05) is 29.2 Å². The third-order valence-electron chi connectivity index (χ3n) is 4.68. The first-order valence-electron chi connectivity index (χ1n) is 8.16. The SMILES string of the molecule is NC(=O)C1CCN(C(=O)c2ccc(N3CCOCC3)cc2)CC1. The van der Waals surface area contributed by atoms with Crippen molar-refractivity contribution in [1.82, 2.24) is 4.90 Å². The van der Waals surface area contributed by atoms with Crippen LogP contribution in [0.2, 0.25) is 0 Å². The standard InChI is InChI=1S/C17H23N3O3/c18-16(21)13-5-7-20(8-6-13)17(22)14-1-3-15(4-2-14)19-9-11-23-12-10-19/h1-4,13H,5-12H2,(H2,18,21). The molecule has 0 atom stereocenters. The van der Waals surface area contributed by atoms with Gasteiger partial charge in [0.1, 0.15) is 0 Å². The van der Waals surface area contributed by atoms with E-state index in [1.54, 1.807) is 0 Å². The lowest BCUT2D eigenvalue weighted by atomic mass is 9.96. The molecule has 2 heterocycles. The lowest BCUT2D eigenvalue weighted by Crippen LogP contribution is -2.41. The molecule has 0 saturated carbocycles. The average Bonchev–Trinajstić information content (AvgIpc) is 2.62. The molecule has 2 aliphatic rings. The van der Waals surface area contributed by atoms with Gasteiger partial charge in [0.15, 0.2) is 0 Å². The Labute approximate surface area is 136 Å². The Kier molecular flexibility index (Phi) is 4.81. The Morgan fingerprint density at radius 1 is 1.00 bits per heavy atom. The first kappa shape index (κ1) is 15.8. The third-order valence-corrected chi connectivity index (χ3v) is 4.68. The zero-order valence-electron chi connectivity index (χ0n) is 13.2. The van der Waals surface area contributed by atoms with Gasteiger partial charge in [-0.25, -0.2) is 0 Å². The number of benzene rings is 1. The zero-order valence-corrected chi connectivity index (χ0v) is 13.2. The largest absolute Gasteiger partial charge is 0.378 e. The maximum absolute atomic E-state index is 12.5. The van der Waals surface area contributed by atoms with Crippen molar-refractivity contribution in [2.24, 2.45) is 11.7 Å². The molecule has 23 heavy (non-hydrogen) atoms. The van der Waals surface area contributed by atoms with Crippen LogP contribution >= 0.6 is 0 Å². The van der Waals surface area contributed by atoms with Crippen LogP contribution < -0.4 is 10.6 Å². The summed E-state index contributed by atoms with van der Waals surface area (Å²) < 4.78 is 5.35. The maximum Gasteiger partial charge on any atom is 0.253 e. The summed E-state index contributed by atoms with van der Waals surface area (Å²) in [6, 6.07) is 7.75. The Hall–Kier alpha value is -2.08. The minimum absolute atomic E-state index is 0.0291. The highest BCUT2D eigenvalue weighted by molar-refractivity contribution is 5.94. The molecule has 1 aromatic rings. The number of anilines is 1. The minimum Gasteiger partial charge on any atom is -0.378 e. The van der Waals surface area contributed by atoms with Crippen LogP contribution in [-0.4, -0.2) is 56.1 Å². The van der Waals surface area contributed by atoms with E-state index in [9.17, 15) is 9.59 Å². The van der Waals surface area contributed by atoms with Gasteiger partial charge in [-0.1, -0.05) is 0 Å². The van der Waals surface area contributed by atoms with E-state index in [0.717, 1.165) is 32.0 Å². The predicted molar refractivity (Wildman–Crippen MR) is 87.3 cm³/mol. The van der Waals surface area contributed by atoms with Crippen molar-refractivity contribution in [2.45, 2.75) is 12.8 Å². The lowest BCUT2D eigenvalue weighted by Gasteiger charge is -2.31. The zero-order chi connectivity index (χ0) is 16.2. The van der Waals surface area contributed by atoms with Crippen molar-refractivity contribution in [1.29, 1.82) is 0 Å². The van der Waals surface area contributed by atoms with Gasteiger partial charge in [0.05, 0.1) is 13.2 Å². The van der Waals surface area contributed by atoms with Crippen molar-refractivity contribution in [3.63, 3.8) is 0 Å². The monoisotopic (exact) mass is 317 g/mol. The molecule has 6 heteroatoms. The summed E-state index contributed by atoms with van der Waals surface area (Å²) >= 11 is 0. The molecular formula is C17H23N3O3.